The first-order valence-corrected chi connectivity index (χ1v) is 5.23. The SMILES string of the molecule is Cc1ccnc(N)c1C(=O)COCC(F)(F)C(F)F. The fourth-order valence-corrected chi connectivity index (χ4v) is 1.36. The number of aromatic nitrogens is 1. The highest BCUT2D eigenvalue weighted by molar-refractivity contribution is 6.02. The third-order valence-corrected chi connectivity index (χ3v) is 2.31. The Morgan fingerprint density at radius 1 is 1.53 bits per heavy atom. The number of alkyl halides is 4. The number of nitrogen functional groups attached to an aromatic ring is 1. The molecule has 1 aromatic rings. The van der Waals surface area contributed by atoms with Gasteiger partial charge in [0.1, 0.15) is 19.0 Å². The topological polar surface area (TPSA) is 65.2 Å². The molecule has 8 heteroatoms. The molecule has 2 N–H and O–H groups in total. The molecule has 0 aliphatic rings. The molecular weight excluding hydrogens is 268 g/mol. The van der Waals surface area contributed by atoms with Gasteiger partial charge in [0.05, 0.1) is 5.56 Å². The molecule has 0 amide bonds. The Morgan fingerprint density at radius 2 is 2.16 bits per heavy atom. The van der Waals surface area contributed by atoms with Crippen molar-refractivity contribution in [3.05, 3.63) is 23.4 Å². The van der Waals surface area contributed by atoms with Gasteiger partial charge in [-0.1, -0.05) is 0 Å². The lowest BCUT2D eigenvalue weighted by Gasteiger charge is -2.15. The Balaban J connectivity index is 2.62. The smallest absolute Gasteiger partial charge is 0.330 e. The zero-order valence-corrected chi connectivity index (χ0v) is 10.00. The van der Waals surface area contributed by atoms with E-state index in [9.17, 15) is 22.4 Å². The van der Waals surface area contributed by atoms with Crippen molar-refractivity contribution in [3.63, 3.8) is 0 Å². The number of anilines is 1. The highest BCUT2D eigenvalue weighted by Gasteiger charge is 2.41. The van der Waals surface area contributed by atoms with Crippen molar-refractivity contribution in [1.29, 1.82) is 0 Å². The van der Waals surface area contributed by atoms with Crippen LogP contribution in [0.25, 0.3) is 0 Å². The van der Waals surface area contributed by atoms with Gasteiger partial charge in [-0.15, -0.1) is 0 Å². The summed E-state index contributed by atoms with van der Waals surface area (Å²) in [5.74, 6) is -5.03. The molecule has 0 saturated carbocycles. The van der Waals surface area contributed by atoms with Gasteiger partial charge in [-0.05, 0) is 18.6 Å². The summed E-state index contributed by atoms with van der Waals surface area (Å²) in [5.41, 5.74) is 6.02. The summed E-state index contributed by atoms with van der Waals surface area (Å²) in [6.45, 7) is -0.715. The normalized spacial score (nSPS) is 11.9. The molecule has 4 nitrogen and oxygen atoms in total. The third kappa shape index (κ3) is 3.88. The number of Topliss-reactive ketones (excluding diaryl/α,β-unsaturated/α-hetero) is 1. The third-order valence-electron chi connectivity index (χ3n) is 2.31. The van der Waals surface area contributed by atoms with Crippen LogP contribution in [0.1, 0.15) is 15.9 Å². The van der Waals surface area contributed by atoms with Crippen LogP contribution in [0.3, 0.4) is 0 Å². The maximum atomic E-state index is 12.5. The van der Waals surface area contributed by atoms with E-state index in [1.807, 2.05) is 0 Å². The Kier molecular flexibility index (Phi) is 4.82. The van der Waals surface area contributed by atoms with E-state index < -0.39 is 31.3 Å². The number of ketones is 1. The van der Waals surface area contributed by atoms with Gasteiger partial charge in [-0.25, -0.2) is 13.8 Å². The Labute approximate surface area is 106 Å². The number of nitrogens with two attached hydrogens (primary N) is 1. The zero-order chi connectivity index (χ0) is 14.6. The quantitative estimate of drug-likeness (QED) is 0.640. The van der Waals surface area contributed by atoms with Crippen LogP contribution in [0.5, 0.6) is 0 Å². The van der Waals surface area contributed by atoms with Gasteiger partial charge in [0.25, 0.3) is 0 Å². The molecule has 0 spiro atoms. The second-order valence-corrected chi connectivity index (χ2v) is 3.87. The van der Waals surface area contributed by atoms with E-state index in [0.717, 1.165) is 0 Å². The summed E-state index contributed by atoms with van der Waals surface area (Å²) in [6.07, 6.45) is -2.46. The molecular formula is C11H12F4N2O2. The van der Waals surface area contributed by atoms with Crippen molar-refractivity contribution in [1.82, 2.24) is 4.98 Å². The number of ether oxygens (including phenoxy) is 1. The average molecular weight is 280 g/mol. The Hall–Kier alpha value is -1.70. The minimum Gasteiger partial charge on any atom is -0.383 e. The van der Waals surface area contributed by atoms with Gasteiger partial charge in [-0.3, -0.25) is 4.79 Å². The number of hydrogen-bond donors (Lipinski definition) is 1. The van der Waals surface area contributed by atoms with E-state index in [-0.39, 0.29) is 11.4 Å². The molecule has 0 saturated heterocycles. The van der Waals surface area contributed by atoms with Crippen molar-refractivity contribution in [2.45, 2.75) is 19.3 Å². The fourth-order valence-electron chi connectivity index (χ4n) is 1.36. The van der Waals surface area contributed by atoms with Crippen LogP contribution in [-0.2, 0) is 4.74 Å². The van der Waals surface area contributed by atoms with E-state index in [0.29, 0.717) is 5.56 Å². The van der Waals surface area contributed by atoms with Crippen molar-refractivity contribution in [2.75, 3.05) is 18.9 Å². The summed E-state index contributed by atoms with van der Waals surface area (Å²) >= 11 is 0. The number of nitrogens with zero attached hydrogens (tertiary/aromatic N) is 1. The molecule has 1 heterocycles. The number of aryl methyl sites for hydroxylation is 1. The molecule has 106 valence electrons. The molecule has 19 heavy (non-hydrogen) atoms. The number of halogens is 4. The van der Waals surface area contributed by atoms with E-state index >= 15 is 0 Å². The van der Waals surface area contributed by atoms with Crippen LogP contribution in [0, 0.1) is 6.92 Å². The first-order chi connectivity index (χ1) is 8.75. The molecule has 0 unspecified atom stereocenters. The maximum absolute atomic E-state index is 12.5. The maximum Gasteiger partial charge on any atom is 0.330 e. The van der Waals surface area contributed by atoms with Crippen LogP contribution in [0.4, 0.5) is 23.4 Å². The van der Waals surface area contributed by atoms with Gasteiger partial charge >= 0.3 is 12.3 Å². The number of carbonyl (C=O) groups is 1. The first-order valence-electron chi connectivity index (χ1n) is 5.23. The Bertz CT molecular complexity index is 446. The standard InChI is InChI=1S/C11H12F4N2O2/c1-6-2-3-17-9(16)8(6)7(18)4-19-5-11(14,15)10(12)13/h2-3,10H,4-5H2,1H3,(H2,16,17). The molecule has 1 rings (SSSR count). The zero-order valence-electron chi connectivity index (χ0n) is 10.00. The van der Waals surface area contributed by atoms with Gasteiger partial charge in [0, 0.05) is 6.20 Å². The monoisotopic (exact) mass is 280 g/mol. The van der Waals surface area contributed by atoms with Gasteiger partial charge in [0.2, 0.25) is 0 Å². The minimum atomic E-state index is -4.28. The molecule has 0 aliphatic carbocycles. The second-order valence-electron chi connectivity index (χ2n) is 3.87. The molecule has 0 bridgehead atoms. The summed E-state index contributed by atoms with van der Waals surface area (Å²) in [7, 11) is 0. The van der Waals surface area contributed by atoms with E-state index in [1.165, 1.54) is 12.3 Å². The predicted molar refractivity (Wildman–Crippen MR) is 59.5 cm³/mol. The van der Waals surface area contributed by atoms with E-state index in [1.54, 1.807) is 6.92 Å². The van der Waals surface area contributed by atoms with Crippen LogP contribution >= 0.6 is 0 Å². The van der Waals surface area contributed by atoms with Crippen molar-refractivity contribution in [3.8, 4) is 0 Å². The highest BCUT2D eigenvalue weighted by atomic mass is 19.3. The fraction of sp³-hybridized carbons (Fsp3) is 0.455. The van der Waals surface area contributed by atoms with Crippen LogP contribution in [0.2, 0.25) is 0 Å². The van der Waals surface area contributed by atoms with Gasteiger partial charge < -0.3 is 10.5 Å². The molecule has 1 aromatic heterocycles. The van der Waals surface area contributed by atoms with Crippen molar-refractivity contribution < 1.29 is 27.1 Å². The van der Waals surface area contributed by atoms with Crippen LogP contribution in [0.15, 0.2) is 12.3 Å². The lowest BCUT2D eigenvalue weighted by Crippen LogP contribution is -2.33. The Morgan fingerprint density at radius 3 is 2.68 bits per heavy atom. The summed E-state index contributed by atoms with van der Waals surface area (Å²) < 4.78 is 53.1. The highest BCUT2D eigenvalue weighted by Crippen LogP contribution is 2.23. The van der Waals surface area contributed by atoms with Crippen molar-refractivity contribution >= 4 is 11.6 Å². The van der Waals surface area contributed by atoms with Gasteiger partial charge in [0.15, 0.2) is 5.78 Å². The summed E-state index contributed by atoms with van der Waals surface area (Å²) in [5, 5.41) is 0. The molecule has 0 radical (unpaired) electrons. The molecule has 0 aromatic carbocycles. The summed E-state index contributed by atoms with van der Waals surface area (Å²) in [4.78, 5) is 15.3. The number of hydrogen-bond acceptors (Lipinski definition) is 4. The van der Waals surface area contributed by atoms with E-state index in [2.05, 4.69) is 9.72 Å². The minimum absolute atomic E-state index is 0.0443. The number of pyridine rings is 1. The lowest BCUT2D eigenvalue weighted by molar-refractivity contribution is -0.163. The largest absolute Gasteiger partial charge is 0.383 e. The predicted octanol–water partition coefficient (Wildman–Crippen LogP) is 2.07. The molecule has 0 aliphatic heterocycles. The number of carbonyl (C=O) groups excluding carboxylic acids is 1. The molecule has 0 atom stereocenters. The number of rotatable bonds is 6. The second kappa shape index (κ2) is 5.96. The van der Waals surface area contributed by atoms with Crippen LogP contribution in [-0.4, -0.2) is 36.3 Å². The van der Waals surface area contributed by atoms with Crippen molar-refractivity contribution in [2.24, 2.45) is 0 Å². The average Bonchev–Trinajstić information content (AvgIpc) is 2.28. The van der Waals surface area contributed by atoms with E-state index in [4.69, 9.17) is 5.73 Å². The first kappa shape index (κ1) is 15.4. The van der Waals surface area contributed by atoms with Crippen LogP contribution < -0.4 is 5.73 Å². The summed E-state index contributed by atoms with van der Waals surface area (Å²) in [6, 6.07) is 1.51. The molecule has 0 fully saturated rings. The lowest BCUT2D eigenvalue weighted by atomic mass is 10.1. The van der Waals surface area contributed by atoms with Gasteiger partial charge in [-0.2, -0.15) is 8.78 Å².